The lowest BCUT2D eigenvalue weighted by atomic mass is 9.33. The van der Waals surface area contributed by atoms with Crippen molar-refractivity contribution in [1.82, 2.24) is 0 Å². The molecule has 0 unspecified atom stereocenters. The Hall–Kier alpha value is -6.85. The molecule has 7 aromatic carbocycles. The molecule has 2 aliphatic heterocycles. The predicted octanol–water partition coefficient (Wildman–Crippen LogP) is 10.1. The van der Waals surface area contributed by atoms with Crippen molar-refractivity contribution in [1.29, 1.82) is 0 Å². The maximum atomic E-state index is 6.59. The molecule has 4 heterocycles. The minimum atomic E-state index is 0.0779. The van der Waals surface area contributed by atoms with Gasteiger partial charge in [-0.15, -0.1) is 0 Å². The van der Waals surface area contributed by atoms with Crippen LogP contribution in [0, 0.1) is 6.92 Å². The lowest BCUT2D eigenvalue weighted by molar-refractivity contribution is -0.660. The summed E-state index contributed by atoms with van der Waals surface area (Å²) in [5.74, 6) is 0. The molecule has 0 N–H and O–H groups in total. The highest BCUT2D eigenvalue weighted by atomic mass is 16.3. The van der Waals surface area contributed by atoms with Gasteiger partial charge >= 0.3 is 0 Å². The van der Waals surface area contributed by atoms with E-state index in [0.717, 1.165) is 55.7 Å². The molecule has 0 fully saturated rings. The Morgan fingerprint density at radius 2 is 1.09 bits per heavy atom. The summed E-state index contributed by atoms with van der Waals surface area (Å²) >= 11 is 0. The molecular formula is C49H35BN3O+. The van der Waals surface area contributed by atoms with Crippen molar-refractivity contribution in [3.63, 3.8) is 0 Å². The van der Waals surface area contributed by atoms with Crippen LogP contribution >= 0.6 is 0 Å². The zero-order chi connectivity index (χ0) is 35.9. The minimum absolute atomic E-state index is 0.0779. The Balaban J connectivity index is 1.20. The Kier molecular flexibility index (Phi) is 6.74. The molecule has 11 rings (SSSR count). The van der Waals surface area contributed by atoms with E-state index >= 15 is 0 Å². The summed E-state index contributed by atoms with van der Waals surface area (Å²) in [4.78, 5) is 4.93. The van der Waals surface area contributed by atoms with Crippen LogP contribution in [-0.2, 0) is 7.05 Å². The number of benzene rings is 7. The van der Waals surface area contributed by atoms with Crippen LogP contribution in [0.15, 0.2) is 180 Å². The van der Waals surface area contributed by atoms with Gasteiger partial charge in [-0.25, -0.2) is 4.57 Å². The number of para-hydroxylation sites is 5. The van der Waals surface area contributed by atoms with Crippen LogP contribution in [0.3, 0.4) is 0 Å². The van der Waals surface area contributed by atoms with Crippen molar-refractivity contribution in [2.24, 2.45) is 7.05 Å². The van der Waals surface area contributed by atoms with E-state index < -0.39 is 0 Å². The lowest BCUT2D eigenvalue weighted by Gasteiger charge is -2.44. The molecule has 2 aromatic heterocycles. The Labute approximate surface area is 314 Å². The van der Waals surface area contributed by atoms with Crippen LogP contribution in [0.4, 0.5) is 34.1 Å². The Morgan fingerprint density at radius 3 is 1.74 bits per heavy atom. The average Bonchev–Trinajstić information content (AvgIpc) is 3.59. The molecule has 0 radical (unpaired) electrons. The van der Waals surface area contributed by atoms with Crippen molar-refractivity contribution < 1.29 is 8.98 Å². The maximum Gasteiger partial charge on any atom is 0.252 e. The van der Waals surface area contributed by atoms with Crippen molar-refractivity contribution in [3.8, 4) is 22.4 Å². The largest absolute Gasteiger partial charge is 0.455 e. The van der Waals surface area contributed by atoms with Gasteiger partial charge in [0.2, 0.25) is 5.69 Å². The van der Waals surface area contributed by atoms with Gasteiger partial charge in [0, 0.05) is 57.0 Å². The summed E-state index contributed by atoms with van der Waals surface area (Å²) in [5, 5.41) is 2.28. The van der Waals surface area contributed by atoms with E-state index in [4.69, 9.17) is 4.42 Å². The molecule has 2 aliphatic rings. The fourth-order valence-corrected chi connectivity index (χ4v) is 8.95. The van der Waals surface area contributed by atoms with Crippen molar-refractivity contribution >= 4 is 79.2 Å². The summed E-state index contributed by atoms with van der Waals surface area (Å²) in [6, 6.07) is 61.7. The first kappa shape index (κ1) is 30.8. The van der Waals surface area contributed by atoms with Gasteiger partial charge in [-0.05, 0) is 107 Å². The van der Waals surface area contributed by atoms with E-state index in [1.165, 1.54) is 44.7 Å². The maximum absolute atomic E-state index is 6.59. The second kappa shape index (κ2) is 11.8. The molecule has 9 aromatic rings. The third-order valence-electron chi connectivity index (χ3n) is 11.3. The van der Waals surface area contributed by atoms with E-state index in [0.29, 0.717) is 0 Å². The van der Waals surface area contributed by atoms with Gasteiger partial charge in [-0.1, -0.05) is 91.0 Å². The summed E-state index contributed by atoms with van der Waals surface area (Å²) in [6.07, 6.45) is 2.18. The standard InChI is InChI=1S/C49H35BN3O/c1-32-27-38-37-19-9-14-24-47(37)54-49(38)39(28-32)44-29-33(25-26-51(44)2)34-30-45-48-46(31-34)53(36-17-7-4-8-18-36)43-23-13-11-21-41(43)50(48)40-20-10-12-22-42(40)52(45)35-15-5-3-6-16-35/h3-31H,1-2H3/q+1. The zero-order valence-corrected chi connectivity index (χ0v) is 30.1. The highest BCUT2D eigenvalue weighted by Crippen LogP contribution is 2.46. The highest BCUT2D eigenvalue weighted by Gasteiger charge is 2.43. The van der Waals surface area contributed by atoms with E-state index in [9.17, 15) is 0 Å². The molecule has 5 heteroatoms. The SMILES string of the molecule is Cc1cc(-c2cc(-c3cc4c5c(c3)N(c3ccccc3)c3ccccc3B5c3ccccc3N4c3ccccc3)cc[n+]2C)c2oc3ccccc3c2c1. The monoisotopic (exact) mass is 692 g/mol. The van der Waals surface area contributed by atoms with Crippen molar-refractivity contribution in [3.05, 3.63) is 182 Å². The smallest absolute Gasteiger partial charge is 0.252 e. The van der Waals surface area contributed by atoms with Crippen LogP contribution in [0.5, 0.6) is 0 Å². The number of furan rings is 1. The van der Waals surface area contributed by atoms with Gasteiger partial charge < -0.3 is 14.2 Å². The topological polar surface area (TPSA) is 23.5 Å². The molecule has 0 spiro atoms. The van der Waals surface area contributed by atoms with Gasteiger partial charge in [0.05, 0.1) is 5.56 Å². The normalized spacial score (nSPS) is 12.9. The van der Waals surface area contributed by atoms with Crippen LogP contribution in [-0.4, -0.2) is 6.71 Å². The highest BCUT2D eigenvalue weighted by molar-refractivity contribution is 7.00. The first-order valence-electron chi connectivity index (χ1n) is 18.6. The summed E-state index contributed by atoms with van der Waals surface area (Å²) < 4.78 is 8.80. The average molecular weight is 693 g/mol. The molecular weight excluding hydrogens is 657 g/mol. The Bertz CT molecular complexity index is 2820. The van der Waals surface area contributed by atoms with Crippen molar-refractivity contribution in [2.45, 2.75) is 6.92 Å². The van der Waals surface area contributed by atoms with Gasteiger partial charge in [-0.3, -0.25) is 0 Å². The molecule has 54 heavy (non-hydrogen) atoms. The number of anilines is 6. The third kappa shape index (κ3) is 4.55. The number of aromatic nitrogens is 1. The molecule has 0 bridgehead atoms. The van der Waals surface area contributed by atoms with Crippen LogP contribution in [0.1, 0.15) is 5.56 Å². The number of aryl methyl sites for hydroxylation is 2. The van der Waals surface area contributed by atoms with Crippen molar-refractivity contribution in [2.75, 3.05) is 9.80 Å². The van der Waals surface area contributed by atoms with Gasteiger partial charge in [0.15, 0.2) is 6.20 Å². The summed E-state index contributed by atoms with van der Waals surface area (Å²) in [7, 11) is 2.12. The first-order chi connectivity index (χ1) is 26.6. The minimum Gasteiger partial charge on any atom is -0.455 e. The van der Waals surface area contributed by atoms with Gasteiger partial charge in [0.25, 0.3) is 6.71 Å². The van der Waals surface area contributed by atoms with Gasteiger partial charge in [0.1, 0.15) is 18.2 Å². The summed E-state index contributed by atoms with van der Waals surface area (Å²) in [5.41, 5.74) is 18.5. The second-order valence-corrected chi connectivity index (χ2v) is 14.5. The summed E-state index contributed by atoms with van der Waals surface area (Å²) in [6.45, 7) is 2.25. The van der Waals surface area contributed by atoms with E-state index in [1.807, 2.05) is 6.07 Å². The van der Waals surface area contributed by atoms with E-state index in [-0.39, 0.29) is 6.71 Å². The molecule has 0 saturated carbocycles. The van der Waals surface area contributed by atoms with Crippen LogP contribution in [0.2, 0.25) is 0 Å². The lowest BCUT2D eigenvalue weighted by Crippen LogP contribution is -2.61. The van der Waals surface area contributed by atoms with Crippen LogP contribution in [0.25, 0.3) is 44.3 Å². The fourth-order valence-electron chi connectivity index (χ4n) is 8.95. The fraction of sp³-hybridized carbons (Fsp3) is 0.0408. The number of pyridine rings is 1. The second-order valence-electron chi connectivity index (χ2n) is 14.5. The van der Waals surface area contributed by atoms with Gasteiger partial charge in [-0.2, -0.15) is 0 Å². The number of hydrogen-bond acceptors (Lipinski definition) is 3. The molecule has 4 nitrogen and oxygen atoms in total. The van der Waals surface area contributed by atoms with E-state index in [1.54, 1.807) is 0 Å². The number of hydrogen-bond donors (Lipinski definition) is 0. The number of fused-ring (bicyclic) bond motifs is 7. The molecule has 0 saturated heterocycles. The molecule has 0 amide bonds. The predicted molar refractivity (Wildman–Crippen MR) is 225 cm³/mol. The number of nitrogens with zero attached hydrogens (tertiary/aromatic N) is 3. The van der Waals surface area contributed by atoms with E-state index in [2.05, 4.69) is 198 Å². The molecule has 0 aliphatic carbocycles. The Morgan fingerprint density at radius 1 is 0.519 bits per heavy atom. The third-order valence-corrected chi connectivity index (χ3v) is 11.3. The molecule has 254 valence electrons. The van der Waals surface area contributed by atoms with Crippen LogP contribution < -0.4 is 30.8 Å². The molecule has 0 atom stereocenters. The quantitative estimate of drug-likeness (QED) is 0.136. The zero-order valence-electron chi connectivity index (χ0n) is 30.1. The first-order valence-corrected chi connectivity index (χ1v) is 18.6. The number of rotatable bonds is 4.